The summed E-state index contributed by atoms with van der Waals surface area (Å²) in [5.41, 5.74) is 5.19. The number of hydrogen-bond acceptors (Lipinski definition) is 4. The Kier molecular flexibility index (Phi) is 5.25. The molecule has 110 valence electrons. The van der Waals surface area contributed by atoms with Crippen LogP contribution >= 0.6 is 24.0 Å². The molecule has 0 spiro atoms. The monoisotopic (exact) mass is 328 g/mol. The second-order valence-corrected chi connectivity index (χ2v) is 6.72. The van der Waals surface area contributed by atoms with Crippen molar-refractivity contribution in [2.24, 2.45) is 12.8 Å². The zero-order valence-electron chi connectivity index (χ0n) is 10.6. The van der Waals surface area contributed by atoms with Crippen LogP contribution < -0.4 is 10.5 Å². The van der Waals surface area contributed by atoms with E-state index >= 15 is 0 Å². The summed E-state index contributed by atoms with van der Waals surface area (Å²) >= 11 is 5.87. The number of sulfonamides is 1. The van der Waals surface area contributed by atoms with Crippen molar-refractivity contribution in [2.75, 3.05) is 6.54 Å². The van der Waals surface area contributed by atoms with E-state index in [1.54, 1.807) is 7.05 Å². The molecule has 0 saturated heterocycles. The van der Waals surface area contributed by atoms with Gasteiger partial charge in [-0.15, -0.1) is 12.4 Å². The number of rotatable bonds is 4. The summed E-state index contributed by atoms with van der Waals surface area (Å²) < 4.78 is 28.6. The van der Waals surface area contributed by atoms with Crippen LogP contribution in [0.1, 0.15) is 25.7 Å². The lowest BCUT2D eigenvalue weighted by Crippen LogP contribution is -2.51. The van der Waals surface area contributed by atoms with Gasteiger partial charge in [0.15, 0.2) is 5.03 Å². The first kappa shape index (κ1) is 16.7. The van der Waals surface area contributed by atoms with Crippen LogP contribution in [0.25, 0.3) is 0 Å². The van der Waals surface area contributed by atoms with Crippen LogP contribution in [0.4, 0.5) is 0 Å². The maximum atomic E-state index is 12.3. The van der Waals surface area contributed by atoms with E-state index in [2.05, 4.69) is 9.82 Å². The smallest absolute Gasteiger partial charge is 0.259 e. The standard InChI is InChI=1S/C10H17ClN4O2S.ClH/c1-15-9(8(11)6-13-15)18(16,17)14-10(7-12)4-2-3-5-10;/h6,14H,2-5,7,12H2,1H3;1H. The van der Waals surface area contributed by atoms with Gasteiger partial charge in [-0.2, -0.15) is 5.10 Å². The van der Waals surface area contributed by atoms with Crippen molar-refractivity contribution >= 4 is 34.0 Å². The topological polar surface area (TPSA) is 90.0 Å². The van der Waals surface area contributed by atoms with Gasteiger partial charge < -0.3 is 5.73 Å². The summed E-state index contributed by atoms with van der Waals surface area (Å²) in [6, 6.07) is 0. The lowest BCUT2D eigenvalue weighted by atomic mass is 10.0. The highest BCUT2D eigenvalue weighted by Crippen LogP contribution is 2.31. The van der Waals surface area contributed by atoms with Gasteiger partial charge in [0.05, 0.1) is 11.2 Å². The molecular formula is C10H18Cl2N4O2S. The van der Waals surface area contributed by atoms with Crippen molar-refractivity contribution in [3.63, 3.8) is 0 Å². The Morgan fingerprint density at radius 3 is 2.53 bits per heavy atom. The van der Waals surface area contributed by atoms with Gasteiger partial charge in [-0.1, -0.05) is 24.4 Å². The first-order valence-corrected chi connectivity index (χ1v) is 7.68. The fourth-order valence-corrected chi connectivity index (χ4v) is 4.56. The van der Waals surface area contributed by atoms with E-state index in [0.717, 1.165) is 25.7 Å². The minimum Gasteiger partial charge on any atom is -0.329 e. The highest BCUT2D eigenvalue weighted by molar-refractivity contribution is 7.89. The minimum absolute atomic E-state index is 0. The molecule has 3 N–H and O–H groups in total. The SMILES string of the molecule is Cl.Cn1ncc(Cl)c1S(=O)(=O)NC1(CN)CCCC1. The van der Waals surface area contributed by atoms with Crippen LogP contribution in [-0.4, -0.2) is 30.3 Å². The summed E-state index contributed by atoms with van der Waals surface area (Å²) in [5, 5.41) is 3.95. The Balaban J connectivity index is 0.00000180. The van der Waals surface area contributed by atoms with Crippen LogP contribution in [0, 0.1) is 0 Å². The zero-order valence-corrected chi connectivity index (χ0v) is 13.0. The molecule has 19 heavy (non-hydrogen) atoms. The molecule has 1 aliphatic carbocycles. The Labute approximate surface area is 124 Å². The summed E-state index contributed by atoms with van der Waals surface area (Å²) in [7, 11) is -2.15. The molecule has 1 aliphatic rings. The molecule has 6 nitrogen and oxygen atoms in total. The Hall–Kier alpha value is -0.340. The molecule has 0 atom stereocenters. The predicted octanol–water partition coefficient (Wildman–Crippen LogP) is 1.05. The molecule has 0 aliphatic heterocycles. The van der Waals surface area contributed by atoms with E-state index in [1.165, 1.54) is 10.9 Å². The maximum Gasteiger partial charge on any atom is 0.259 e. The third kappa shape index (κ3) is 3.22. The van der Waals surface area contributed by atoms with Crippen molar-refractivity contribution in [3.8, 4) is 0 Å². The van der Waals surface area contributed by atoms with Crippen molar-refractivity contribution < 1.29 is 8.42 Å². The van der Waals surface area contributed by atoms with Gasteiger partial charge in [-0.25, -0.2) is 13.1 Å². The van der Waals surface area contributed by atoms with E-state index in [4.69, 9.17) is 17.3 Å². The molecule has 1 saturated carbocycles. The quantitative estimate of drug-likeness (QED) is 0.864. The first-order chi connectivity index (χ1) is 8.40. The summed E-state index contributed by atoms with van der Waals surface area (Å²) in [6.45, 7) is 0.293. The second-order valence-electron chi connectivity index (χ2n) is 4.72. The molecule has 1 aromatic rings. The van der Waals surface area contributed by atoms with E-state index in [-0.39, 0.29) is 22.5 Å². The normalized spacial score (nSPS) is 18.3. The Morgan fingerprint density at radius 2 is 2.11 bits per heavy atom. The average molecular weight is 329 g/mol. The van der Waals surface area contributed by atoms with Gasteiger partial charge in [0.25, 0.3) is 10.0 Å². The molecule has 0 unspecified atom stereocenters. The lowest BCUT2D eigenvalue weighted by molar-refractivity contribution is 0.397. The molecule has 1 aromatic heterocycles. The second kappa shape index (κ2) is 5.97. The average Bonchev–Trinajstić information content (AvgIpc) is 2.86. The molecule has 1 heterocycles. The summed E-state index contributed by atoms with van der Waals surface area (Å²) in [6.07, 6.45) is 4.81. The Morgan fingerprint density at radius 1 is 1.53 bits per heavy atom. The van der Waals surface area contributed by atoms with Crippen molar-refractivity contribution in [2.45, 2.75) is 36.2 Å². The number of aromatic nitrogens is 2. The van der Waals surface area contributed by atoms with E-state index in [1.807, 2.05) is 0 Å². The molecule has 0 bridgehead atoms. The minimum atomic E-state index is -3.69. The maximum absolute atomic E-state index is 12.3. The number of hydrogen-bond donors (Lipinski definition) is 2. The molecular weight excluding hydrogens is 311 g/mol. The number of nitrogens with zero attached hydrogens (tertiary/aromatic N) is 2. The van der Waals surface area contributed by atoms with E-state index in [0.29, 0.717) is 6.54 Å². The van der Waals surface area contributed by atoms with Gasteiger partial charge in [0, 0.05) is 19.1 Å². The number of aryl methyl sites for hydroxylation is 1. The highest BCUT2D eigenvalue weighted by Gasteiger charge is 2.38. The van der Waals surface area contributed by atoms with Crippen LogP contribution in [0.5, 0.6) is 0 Å². The van der Waals surface area contributed by atoms with Gasteiger partial charge in [0.2, 0.25) is 0 Å². The van der Waals surface area contributed by atoms with Crippen molar-refractivity contribution in [1.29, 1.82) is 0 Å². The van der Waals surface area contributed by atoms with E-state index in [9.17, 15) is 8.42 Å². The van der Waals surface area contributed by atoms with Gasteiger partial charge in [-0.05, 0) is 12.8 Å². The molecule has 1 fully saturated rings. The fraction of sp³-hybridized carbons (Fsp3) is 0.700. The molecule has 0 amide bonds. The molecule has 0 radical (unpaired) electrons. The first-order valence-electron chi connectivity index (χ1n) is 5.82. The van der Waals surface area contributed by atoms with Crippen LogP contribution in [0.3, 0.4) is 0 Å². The zero-order chi connectivity index (χ0) is 13.4. The van der Waals surface area contributed by atoms with Crippen LogP contribution in [0.15, 0.2) is 11.2 Å². The fourth-order valence-electron chi connectivity index (χ4n) is 2.43. The van der Waals surface area contributed by atoms with Gasteiger partial charge in [0.1, 0.15) is 0 Å². The number of nitrogens with one attached hydrogen (secondary N) is 1. The number of halogens is 2. The third-order valence-electron chi connectivity index (χ3n) is 3.40. The van der Waals surface area contributed by atoms with Gasteiger partial charge >= 0.3 is 0 Å². The number of nitrogens with two attached hydrogens (primary N) is 1. The molecule has 2 rings (SSSR count). The lowest BCUT2D eigenvalue weighted by Gasteiger charge is -2.28. The largest absolute Gasteiger partial charge is 0.329 e. The predicted molar refractivity (Wildman–Crippen MR) is 76.0 cm³/mol. The third-order valence-corrected chi connectivity index (χ3v) is 5.48. The molecule has 0 aromatic carbocycles. The van der Waals surface area contributed by atoms with Crippen LogP contribution in [-0.2, 0) is 17.1 Å². The summed E-state index contributed by atoms with van der Waals surface area (Å²) in [5.74, 6) is 0. The summed E-state index contributed by atoms with van der Waals surface area (Å²) in [4.78, 5) is 0. The highest BCUT2D eigenvalue weighted by atomic mass is 35.5. The van der Waals surface area contributed by atoms with Crippen molar-refractivity contribution in [1.82, 2.24) is 14.5 Å². The van der Waals surface area contributed by atoms with Crippen LogP contribution in [0.2, 0.25) is 5.02 Å². The van der Waals surface area contributed by atoms with Gasteiger partial charge in [-0.3, -0.25) is 4.68 Å². The van der Waals surface area contributed by atoms with Crippen molar-refractivity contribution in [3.05, 3.63) is 11.2 Å². The Bertz CT molecular complexity index is 518. The van der Waals surface area contributed by atoms with E-state index < -0.39 is 15.6 Å². The molecule has 9 heteroatoms.